The summed E-state index contributed by atoms with van der Waals surface area (Å²) in [4.78, 5) is 29.0. The maximum atomic E-state index is 13.6. The van der Waals surface area contributed by atoms with Gasteiger partial charge in [-0.1, -0.05) is 35.9 Å². The van der Waals surface area contributed by atoms with Gasteiger partial charge >= 0.3 is 0 Å². The Morgan fingerprint density at radius 3 is 2.64 bits per heavy atom. The average Bonchev–Trinajstić information content (AvgIpc) is 2.87. The third-order valence-corrected chi connectivity index (χ3v) is 7.25. The summed E-state index contributed by atoms with van der Waals surface area (Å²) >= 11 is 6.03. The number of amides is 1. The number of nitro benzene ring substituents is 1. The molecule has 0 spiro atoms. The van der Waals surface area contributed by atoms with Crippen LogP contribution in [0.25, 0.3) is 0 Å². The molecule has 7 nitrogen and oxygen atoms in total. The second-order valence-electron chi connectivity index (χ2n) is 9.35. The lowest BCUT2D eigenvalue weighted by atomic mass is 9.83. The van der Waals surface area contributed by atoms with E-state index in [1.54, 1.807) is 24.3 Å². The summed E-state index contributed by atoms with van der Waals surface area (Å²) in [6.07, 6.45) is 0.405. The van der Waals surface area contributed by atoms with Crippen LogP contribution in [0.1, 0.15) is 16.7 Å². The van der Waals surface area contributed by atoms with E-state index in [0.29, 0.717) is 30.1 Å². The maximum Gasteiger partial charge on any atom is 0.269 e. The van der Waals surface area contributed by atoms with Gasteiger partial charge in [-0.25, -0.2) is 4.39 Å². The SMILES string of the molecule is O=C(NCc1cccc(F)c1)C1Cc2cc([N+](=O)[O-])ccc2N2CCN(Cc3ccc(Cl)cc3)CC12. The van der Waals surface area contributed by atoms with Gasteiger partial charge in [0.25, 0.3) is 5.69 Å². The van der Waals surface area contributed by atoms with Crippen LogP contribution in [-0.4, -0.2) is 41.4 Å². The van der Waals surface area contributed by atoms with Crippen LogP contribution in [0.4, 0.5) is 15.8 Å². The molecule has 2 heterocycles. The van der Waals surface area contributed by atoms with Gasteiger partial charge in [0.05, 0.1) is 16.9 Å². The van der Waals surface area contributed by atoms with Gasteiger partial charge in [-0.3, -0.25) is 19.8 Å². The first-order chi connectivity index (χ1) is 17.4. The summed E-state index contributed by atoms with van der Waals surface area (Å²) in [5.74, 6) is -0.891. The van der Waals surface area contributed by atoms with E-state index in [4.69, 9.17) is 11.6 Å². The quantitative estimate of drug-likeness (QED) is 0.390. The fraction of sp³-hybridized carbons (Fsp3) is 0.296. The molecule has 2 aliphatic heterocycles. The van der Waals surface area contributed by atoms with E-state index in [1.165, 1.54) is 18.2 Å². The minimum Gasteiger partial charge on any atom is -0.365 e. The standard InChI is InChI=1S/C27H26ClFN4O3/c28-21-6-4-18(5-7-21)16-31-10-11-32-25-9-8-23(33(35)36)13-20(25)14-24(26(32)17-31)27(34)30-15-19-2-1-3-22(29)12-19/h1-9,12-13,24,26H,10-11,14-17H2,(H,30,34). The Bertz CT molecular complexity index is 1290. The van der Waals surface area contributed by atoms with Gasteiger partial charge in [0, 0.05) is 55.6 Å². The van der Waals surface area contributed by atoms with Gasteiger partial charge in [0.1, 0.15) is 5.82 Å². The molecule has 36 heavy (non-hydrogen) atoms. The third-order valence-electron chi connectivity index (χ3n) is 7.00. The Kier molecular flexibility index (Phi) is 6.89. The monoisotopic (exact) mass is 508 g/mol. The van der Waals surface area contributed by atoms with E-state index in [1.807, 2.05) is 24.3 Å². The number of carbonyl (C=O) groups excluding carboxylic acids is 1. The number of fused-ring (bicyclic) bond motifs is 3. The summed E-state index contributed by atoms with van der Waals surface area (Å²) in [6, 6.07) is 18.7. The topological polar surface area (TPSA) is 78.7 Å². The predicted molar refractivity (Wildman–Crippen MR) is 136 cm³/mol. The van der Waals surface area contributed by atoms with Crippen molar-refractivity contribution in [2.45, 2.75) is 25.6 Å². The number of anilines is 1. The molecule has 5 rings (SSSR count). The second-order valence-corrected chi connectivity index (χ2v) is 9.79. The molecule has 1 N–H and O–H groups in total. The minimum atomic E-state index is -0.407. The Balaban J connectivity index is 1.39. The summed E-state index contributed by atoms with van der Waals surface area (Å²) in [7, 11) is 0. The van der Waals surface area contributed by atoms with Crippen molar-refractivity contribution in [3.05, 3.63) is 104 Å². The third kappa shape index (κ3) is 5.20. The zero-order valence-corrected chi connectivity index (χ0v) is 20.3. The Hall–Kier alpha value is -3.49. The molecule has 0 saturated carbocycles. The normalized spacial score (nSPS) is 19.3. The number of nitrogens with one attached hydrogen (secondary N) is 1. The van der Waals surface area contributed by atoms with E-state index in [0.717, 1.165) is 29.9 Å². The van der Waals surface area contributed by atoms with Gasteiger partial charge in [-0.15, -0.1) is 0 Å². The molecule has 2 aliphatic rings. The Labute approximate surface area is 213 Å². The van der Waals surface area contributed by atoms with Crippen LogP contribution in [0.2, 0.25) is 5.02 Å². The summed E-state index contributed by atoms with van der Waals surface area (Å²) < 4.78 is 13.6. The van der Waals surface area contributed by atoms with Gasteiger partial charge in [0.15, 0.2) is 0 Å². The van der Waals surface area contributed by atoms with Crippen LogP contribution in [-0.2, 0) is 24.3 Å². The number of piperazine rings is 1. The van der Waals surface area contributed by atoms with Crippen molar-refractivity contribution in [1.29, 1.82) is 0 Å². The molecule has 3 aromatic rings. The van der Waals surface area contributed by atoms with E-state index < -0.39 is 10.8 Å². The number of rotatable bonds is 6. The van der Waals surface area contributed by atoms with Gasteiger partial charge in [0.2, 0.25) is 5.91 Å². The van der Waals surface area contributed by atoms with E-state index in [9.17, 15) is 19.3 Å². The summed E-state index contributed by atoms with van der Waals surface area (Å²) in [5, 5.41) is 15.0. The van der Waals surface area contributed by atoms with E-state index in [-0.39, 0.29) is 30.0 Å². The van der Waals surface area contributed by atoms with Crippen molar-refractivity contribution in [3.8, 4) is 0 Å². The van der Waals surface area contributed by atoms with E-state index >= 15 is 0 Å². The number of carbonyl (C=O) groups is 1. The first kappa shape index (κ1) is 24.2. The van der Waals surface area contributed by atoms with Gasteiger partial charge < -0.3 is 10.2 Å². The molecular weight excluding hydrogens is 483 g/mol. The fourth-order valence-corrected chi connectivity index (χ4v) is 5.37. The van der Waals surface area contributed by atoms with Crippen LogP contribution >= 0.6 is 11.6 Å². The van der Waals surface area contributed by atoms with Crippen LogP contribution in [0.15, 0.2) is 66.7 Å². The highest BCUT2D eigenvalue weighted by Gasteiger charge is 2.41. The van der Waals surface area contributed by atoms with Crippen molar-refractivity contribution >= 4 is 28.9 Å². The van der Waals surface area contributed by atoms with Crippen molar-refractivity contribution in [3.63, 3.8) is 0 Å². The molecule has 1 amide bonds. The predicted octanol–water partition coefficient (Wildman–Crippen LogP) is 4.57. The van der Waals surface area contributed by atoms with Crippen LogP contribution < -0.4 is 10.2 Å². The largest absolute Gasteiger partial charge is 0.365 e. The van der Waals surface area contributed by atoms with Crippen LogP contribution in [0, 0.1) is 21.8 Å². The number of benzene rings is 3. The number of hydrogen-bond acceptors (Lipinski definition) is 5. The molecule has 0 bridgehead atoms. The highest BCUT2D eigenvalue weighted by molar-refractivity contribution is 6.30. The second kappa shape index (κ2) is 10.2. The zero-order valence-electron chi connectivity index (χ0n) is 19.6. The molecule has 2 atom stereocenters. The molecule has 9 heteroatoms. The lowest BCUT2D eigenvalue weighted by molar-refractivity contribution is -0.384. The van der Waals surface area contributed by atoms with Gasteiger partial charge in [-0.2, -0.15) is 0 Å². The highest BCUT2D eigenvalue weighted by atomic mass is 35.5. The Morgan fingerprint density at radius 1 is 1.08 bits per heavy atom. The smallest absolute Gasteiger partial charge is 0.269 e. The van der Waals surface area contributed by atoms with Crippen molar-refractivity contribution in [2.75, 3.05) is 24.5 Å². The fourth-order valence-electron chi connectivity index (χ4n) is 5.24. The number of nitro groups is 1. The molecule has 3 aromatic carbocycles. The number of non-ortho nitro benzene ring substituents is 1. The lowest BCUT2D eigenvalue weighted by Crippen LogP contribution is -2.60. The Morgan fingerprint density at radius 2 is 1.89 bits per heavy atom. The van der Waals surface area contributed by atoms with Gasteiger partial charge in [-0.05, 0) is 53.4 Å². The number of halogens is 2. The summed E-state index contributed by atoms with van der Waals surface area (Å²) in [5.41, 5.74) is 3.60. The average molecular weight is 509 g/mol. The molecular formula is C27H26ClFN4O3. The molecule has 2 unspecified atom stereocenters. The van der Waals surface area contributed by atoms with Crippen molar-refractivity contribution in [1.82, 2.24) is 10.2 Å². The molecule has 1 saturated heterocycles. The summed E-state index contributed by atoms with van der Waals surface area (Å²) in [6.45, 7) is 3.14. The number of hydrogen-bond donors (Lipinski definition) is 1. The molecule has 0 aliphatic carbocycles. The van der Waals surface area contributed by atoms with E-state index in [2.05, 4.69) is 15.1 Å². The molecule has 1 fully saturated rings. The van der Waals surface area contributed by atoms with Crippen molar-refractivity contribution in [2.24, 2.45) is 5.92 Å². The zero-order chi connectivity index (χ0) is 25.2. The number of nitrogens with zero attached hydrogens (tertiary/aromatic N) is 3. The minimum absolute atomic E-state index is 0.0208. The highest BCUT2D eigenvalue weighted by Crippen LogP contribution is 2.38. The van der Waals surface area contributed by atoms with Crippen LogP contribution in [0.5, 0.6) is 0 Å². The lowest BCUT2D eigenvalue weighted by Gasteiger charge is -2.49. The van der Waals surface area contributed by atoms with Crippen LogP contribution in [0.3, 0.4) is 0 Å². The maximum absolute atomic E-state index is 13.6. The van der Waals surface area contributed by atoms with Crippen molar-refractivity contribution < 1.29 is 14.1 Å². The first-order valence-electron chi connectivity index (χ1n) is 11.9. The first-order valence-corrected chi connectivity index (χ1v) is 12.3. The molecule has 0 radical (unpaired) electrons. The molecule has 0 aromatic heterocycles. The molecule has 186 valence electrons.